The van der Waals surface area contributed by atoms with Gasteiger partial charge in [-0.15, -0.1) is 5.10 Å². The van der Waals surface area contributed by atoms with Crippen LogP contribution in [0.15, 0.2) is 6.20 Å². The van der Waals surface area contributed by atoms with Crippen molar-refractivity contribution < 1.29 is 13.2 Å². The zero-order valence-electron chi connectivity index (χ0n) is 13.9. The van der Waals surface area contributed by atoms with Crippen LogP contribution in [0.1, 0.15) is 47.1 Å². The van der Waals surface area contributed by atoms with Gasteiger partial charge in [0.25, 0.3) is 0 Å². The van der Waals surface area contributed by atoms with Crippen molar-refractivity contribution >= 4 is 5.82 Å². The summed E-state index contributed by atoms with van der Waals surface area (Å²) in [4.78, 5) is 8.19. The highest BCUT2D eigenvalue weighted by Crippen LogP contribution is 2.33. The number of nitriles is 1. The molecule has 3 heterocycles. The quantitative estimate of drug-likeness (QED) is 0.900. The normalized spacial score (nSPS) is 18.2. The second-order valence-electron chi connectivity index (χ2n) is 6.19. The second kappa shape index (κ2) is 6.35. The number of rotatable bonds is 2. The lowest BCUT2D eigenvalue weighted by Crippen LogP contribution is -2.36. The highest BCUT2D eigenvalue weighted by Gasteiger charge is 2.34. The molecule has 2 aromatic rings. The minimum atomic E-state index is -4.44. The van der Waals surface area contributed by atoms with Crippen LogP contribution in [0.2, 0.25) is 0 Å². The lowest BCUT2D eigenvalue weighted by atomic mass is 9.96. The van der Waals surface area contributed by atoms with E-state index in [1.807, 2.05) is 11.8 Å². The lowest BCUT2D eigenvalue weighted by molar-refractivity contribution is -0.141. The van der Waals surface area contributed by atoms with E-state index in [4.69, 9.17) is 0 Å². The summed E-state index contributed by atoms with van der Waals surface area (Å²) in [6, 6.07) is 2.16. The van der Waals surface area contributed by atoms with Crippen molar-refractivity contribution in [3.63, 3.8) is 0 Å². The van der Waals surface area contributed by atoms with E-state index in [0.717, 1.165) is 24.6 Å². The van der Waals surface area contributed by atoms with E-state index >= 15 is 0 Å². The number of halogens is 3. The third kappa shape index (κ3) is 3.29. The first kappa shape index (κ1) is 17.2. The molecular weight excluding hydrogens is 333 g/mol. The number of imidazole rings is 1. The van der Waals surface area contributed by atoms with Crippen molar-refractivity contribution in [2.24, 2.45) is 0 Å². The second-order valence-corrected chi connectivity index (χ2v) is 6.19. The Bertz CT molecular complexity index is 820. The number of nitrogens with one attached hydrogen (secondary N) is 1. The number of nitrogens with zero attached hydrogens (tertiary/aromatic N) is 5. The van der Waals surface area contributed by atoms with Crippen LogP contribution in [-0.4, -0.2) is 33.3 Å². The Balaban J connectivity index is 1.86. The zero-order valence-corrected chi connectivity index (χ0v) is 13.9. The molecule has 25 heavy (non-hydrogen) atoms. The van der Waals surface area contributed by atoms with Gasteiger partial charge < -0.3 is 9.88 Å². The molecule has 0 bridgehead atoms. The van der Waals surface area contributed by atoms with Gasteiger partial charge in [-0.3, -0.25) is 0 Å². The predicted molar refractivity (Wildman–Crippen MR) is 84.0 cm³/mol. The van der Waals surface area contributed by atoms with Crippen molar-refractivity contribution in [2.45, 2.75) is 38.8 Å². The topological polar surface area (TPSA) is 81.5 Å². The first-order chi connectivity index (χ1) is 11.8. The molecule has 1 aliphatic rings. The molecule has 0 spiro atoms. The largest absolute Gasteiger partial charge is 0.432 e. The van der Waals surface area contributed by atoms with Gasteiger partial charge in [-0.2, -0.15) is 23.5 Å². The van der Waals surface area contributed by atoms with E-state index in [1.54, 1.807) is 6.92 Å². The number of hydrogen-bond donors (Lipinski definition) is 1. The number of aromatic nitrogens is 4. The average Bonchev–Trinajstić information content (AvgIpc) is 3.08. The van der Waals surface area contributed by atoms with E-state index in [0.29, 0.717) is 36.0 Å². The summed E-state index contributed by atoms with van der Waals surface area (Å²) < 4.78 is 38.3. The Kier molecular flexibility index (Phi) is 4.37. The summed E-state index contributed by atoms with van der Waals surface area (Å²) in [7, 11) is 0. The van der Waals surface area contributed by atoms with Gasteiger partial charge in [0.1, 0.15) is 23.2 Å². The summed E-state index contributed by atoms with van der Waals surface area (Å²) in [5.41, 5.74) is 1.08. The molecule has 3 rings (SSSR count). The molecular formula is C16H17F3N6. The van der Waals surface area contributed by atoms with Crippen LogP contribution >= 0.6 is 0 Å². The van der Waals surface area contributed by atoms with Gasteiger partial charge in [0, 0.05) is 19.0 Å². The maximum absolute atomic E-state index is 12.8. The maximum Gasteiger partial charge on any atom is 0.432 e. The molecule has 0 aromatic carbocycles. The Hall–Kier alpha value is -2.63. The summed E-state index contributed by atoms with van der Waals surface area (Å²) in [5, 5.41) is 17.7. The van der Waals surface area contributed by atoms with E-state index in [9.17, 15) is 18.4 Å². The van der Waals surface area contributed by atoms with Crippen molar-refractivity contribution in [2.75, 3.05) is 18.0 Å². The average molecular weight is 350 g/mol. The first-order valence-electron chi connectivity index (χ1n) is 7.92. The van der Waals surface area contributed by atoms with Gasteiger partial charge in [-0.05, 0) is 32.3 Å². The van der Waals surface area contributed by atoms with Gasteiger partial charge in [0.2, 0.25) is 0 Å². The van der Waals surface area contributed by atoms with Crippen molar-refractivity contribution in [3.05, 3.63) is 34.5 Å². The molecule has 1 aliphatic heterocycles. The lowest BCUT2D eigenvalue weighted by Gasteiger charge is -2.33. The maximum atomic E-state index is 12.8. The number of hydrogen-bond acceptors (Lipinski definition) is 5. The van der Waals surface area contributed by atoms with Gasteiger partial charge in [0.15, 0.2) is 5.82 Å². The molecule has 6 nitrogen and oxygen atoms in total. The van der Waals surface area contributed by atoms with E-state index in [2.05, 4.69) is 26.2 Å². The van der Waals surface area contributed by atoms with E-state index < -0.39 is 11.9 Å². The Morgan fingerprint density at radius 2 is 2.08 bits per heavy atom. The van der Waals surface area contributed by atoms with E-state index in [1.165, 1.54) is 0 Å². The van der Waals surface area contributed by atoms with Crippen molar-refractivity contribution in [3.8, 4) is 6.07 Å². The summed E-state index contributed by atoms with van der Waals surface area (Å²) in [6.45, 7) is 4.72. The smallest absolute Gasteiger partial charge is 0.353 e. The SMILES string of the molecule is Cc1nnc(N2CCC[C@@H](c3ncc(C(F)(F)F)[nH]3)C2)c(C#N)c1C. The molecule has 132 valence electrons. The third-order valence-electron chi connectivity index (χ3n) is 4.56. The summed E-state index contributed by atoms with van der Waals surface area (Å²) in [6.07, 6.45) is -2.12. The van der Waals surface area contributed by atoms with Crippen LogP contribution in [0.3, 0.4) is 0 Å². The van der Waals surface area contributed by atoms with Gasteiger partial charge in [-0.25, -0.2) is 4.98 Å². The molecule has 9 heteroatoms. The van der Waals surface area contributed by atoms with Crippen molar-refractivity contribution in [1.29, 1.82) is 5.26 Å². The number of H-pyrrole nitrogens is 1. The van der Waals surface area contributed by atoms with Crippen LogP contribution in [0.5, 0.6) is 0 Å². The van der Waals surface area contributed by atoms with E-state index in [-0.39, 0.29) is 5.92 Å². The fourth-order valence-corrected chi connectivity index (χ4v) is 3.03. The summed E-state index contributed by atoms with van der Waals surface area (Å²) in [5.74, 6) is 0.616. The molecule has 0 aliphatic carbocycles. The molecule has 0 saturated carbocycles. The van der Waals surface area contributed by atoms with Crippen LogP contribution in [0.25, 0.3) is 0 Å². The Morgan fingerprint density at radius 1 is 1.32 bits per heavy atom. The molecule has 0 unspecified atom stereocenters. The number of alkyl halides is 3. The minimum absolute atomic E-state index is 0.181. The van der Waals surface area contributed by atoms with Gasteiger partial charge >= 0.3 is 6.18 Å². The van der Waals surface area contributed by atoms with Crippen LogP contribution in [-0.2, 0) is 6.18 Å². The summed E-state index contributed by atoms with van der Waals surface area (Å²) >= 11 is 0. The van der Waals surface area contributed by atoms with Crippen LogP contribution < -0.4 is 4.90 Å². The fraction of sp³-hybridized carbons (Fsp3) is 0.500. The molecule has 1 atom stereocenters. The number of piperidine rings is 1. The fourth-order valence-electron chi connectivity index (χ4n) is 3.03. The zero-order chi connectivity index (χ0) is 18.2. The number of aromatic amines is 1. The van der Waals surface area contributed by atoms with Crippen LogP contribution in [0, 0.1) is 25.2 Å². The Morgan fingerprint density at radius 3 is 2.72 bits per heavy atom. The predicted octanol–water partition coefficient (Wildman–Crippen LogP) is 3.09. The van der Waals surface area contributed by atoms with Crippen molar-refractivity contribution in [1.82, 2.24) is 20.2 Å². The molecule has 1 N–H and O–H groups in total. The minimum Gasteiger partial charge on any atom is -0.353 e. The first-order valence-corrected chi connectivity index (χ1v) is 7.92. The van der Waals surface area contributed by atoms with Gasteiger partial charge in [0.05, 0.1) is 11.9 Å². The number of anilines is 1. The van der Waals surface area contributed by atoms with Gasteiger partial charge in [-0.1, -0.05) is 0 Å². The standard InChI is InChI=1S/C16H17F3N6/c1-9-10(2)23-24-15(12(9)6-20)25-5-3-4-11(8-25)14-21-7-13(22-14)16(17,18)19/h7,11H,3-5,8H2,1-2H3,(H,21,22)/t11-/m1/s1. The third-order valence-corrected chi connectivity index (χ3v) is 4.56. The highest BCUT2D eigenvalue weighted by molar-refractivity contribution is 5.57. The molecule has 0 amide bonds. The monoisotopic (exact) mass is 350 g/mol. The molecule has 2 aromatic heterocycles. The number of aryl methyl sites for hydroxylation is 1. The molecule has 1 saturated heterocycles. The van der Waals surface area contributed by atoms with Crippen LogP contribution in [0.4, 0.5) is 19.0 Å². The highest BCUT2D eigenvalue weighted by atomic mass is 19.4. The molecule has 0 radical (unpaired) electrons. The Labute approximate surface area is 142 Å². The molecule has 1 fully saturated rings.